The van der Waals surface area contributed by atoms with E-state index in [0.717, 1.165) is 41.9 Å². The number of nitrogens with zero attached hydrogens (tertiary/aromatic N) is 2. The molecule has 2 aromatic rings. The van der Waals surface area contributed by atoms with Crippen molar-refractivity contribution in [2.45, 2.75) is 32.1 Å². The van der Waals surface area contributed by atoms with Crippen LogP contribution in [0.1, 0.15) is 36.2 Å². The number of rotatable bonds is 4. The largest absolute Gasteiger partial charge is 0.369 e. The molecule has 0 atom stereocenters. The maximum absolute atomic E-state index is 4.71. The van der Waals surface area contributed by atoms with Gasteiger partial charge in [-0.05, 0) is 46.3 Å². The van der Waals surface area contributed by atoms with E-state index in [-0.39, 0.29) is 0 Å². The molecular weight excluding hydrogens is 314 g/mol. The van der Waals surface area contributed by atoms with E-state index < -0.39 is 0 Å². The highest BCUT2D eigenvalue weighted by Crippen LogP contribution is 2.33. The highest BCUT2D eigenvalue weighted by molar-refractivity contribution is 9.10. The van der Waals surface area contributed by atoms with Crippen LogP contribution in [0.4, 0.5) is 5.82 Å². The Morgan fingerprint density at radius 2 is 1.95 bits per heavy atom. The molecule has 1 aromatic heterocycles. The van der Waals surface area contributed by atoms with Gasteiger partial charge < -0.3 is 5.32 Å². The number of fused-ring (bicyclic) bond motifs is 1. The molecule has 0 spiro atoms. The van der Waals surface area contributed by atoms with E-state index in [1.165, 1.54) is 11.1 Å². The first-order valence-electron chi connectivity index (χ1n) is 7.11. The highest BCUT2D eigenvalue weighted by atomic mass is 79.9. The quantitative estimate of drug-likeness (QED) is 0.921. The number of aromatic nitrogens is 2. The SMILES string of the molecule is CCCNc1nc(C2Cc3ccccc3C2)ncc1Br. The van der Waals surface area contributed by atoms with E-state index in [9.17, 15) is 0 Å². The fourth-order valence-corrected chi connectivity index (χ4v) is 3.02. The van der Waals surface area contributed by atoms with Gasteiger partial charge in [0.25, 0.3) is 0 Å². The van der Waals surface area contributed by atoms with Crippen molar-refractivity contribution in [1.29, 1.82) is 0 Å². The Morgan fingerprint density at radius 3 is 2.60 bits per heavy atom. The predicted octanol–water partition coefficient (Wildman–Crippen LogP) is 3.94. The molecule has 1 N–H and O–H groups in total. The van der Waals surface area contributed by atoms with Crippen molar-refractivity contribution in [2.75, 3.05) is 11.9 Å². The van der Waals surface area contributed by atoms with E-state index in [1.54, 1.807) is 0 Å². The maximum Gasteiger partial charge on any atom is 0.144 e. The van der Waals surface area contributed by atoms with Gasteiger partial charge in [-0.15, -0.1) is 0 Å². The Bertz CT molecular complexity index is 587. The van der Waals surface area contributed by atoms with E-state index in [0.29, 0.717) is 5.92 Å². The Labute approximate surface area is 128 Å². The van der Waals surface area contributed by atoms with Gasteiger partial charge in [-0.2, -0.15) is 0 Å². The van der Waals surface area contributed by atoms with Gasteiger partial charge in [-0.3, -0.25) is 0 Å². The first-order chi connectivity index (χ1) is 9.78. The molecule has 3 rings (SSSR count). The molecular formula is C16H18BrN3. The van der Waals surface area contributed by atoms with E-state index in [2.05, 4.69) is 57.4 Å². The third-order valence-corrected chi connectivity index (χ3v) is 4.30. The molecule has 0 saturated heterocycles. The van der Waals surface area contributed by atoms with Gasteiger partial charge in [0.05, 0.1) is 4.47 Å². The minimum Gasteiger partial charge on any atom is -0.369 e. The van der Waals surface area contributed by atoms with E-state index in [4.69, 9.17) is 4.98 Å². The summed E-state index contributed by atoms with van der Waals surface area (Å²) >= 11 is 3.51. The third-order valence-electron chi connectivity index (χ3n) is 3.72. The number of anilines is 1. The molecule has 0 fully saturated rings. The van der Waals surface area contributed by atoms with Gasteiger partial charge in [-0.25, -0.2) is 9.97 Å². The summed E-state index contributed by atoms with van der Waals surface area (Å²) in [5.74, 6) is 2.26. The molecule has 0 aliphatic heterocycles. The standard InChI is InChI=1S/C16H18BrN3/c1-2-7-18-16-14(17)10-19-15(20-16)13-8-11-5-3-4-6-12(11)9-13/h3-6,10,13H,2,7-9H2,1H3,(H,18,19,20). The molecule has 1 aromatic carbocycles. The lowest BCUT2D eigenvalue weighted by Crippen LogP contribution is -2.09. The molecule has 4 heteroatoms. The summed E-state index contributed by atoms with van der Waals surface area (Å²) in [7, 11) is 0. The van der Waals surface area contributed by atoms with E-state index >= 15 is 0 Å². The van der Waals surface area contributed by atoms with Crippen molar-refractivity contribution < 1.29 is 0 Å². The number of benzene rings is 1. The minimum absolute atomic E-state index is 0.405. The number of halogens is 1. The van der Waals surface area contributed by atoms with Crippen LogP contribution >= 0.6 is 15.9 Å². The van der Waals surface area contributed by atoms with Crippen LogP contribution in [0.2, 0.25) is 0 Å². The van der Waals surface area contributed by atoms with Crippen LogP contribution in [-0.4, -0.2) is 16.5 Å². The second kappa shape index (κ2) is 5.92. The Hall–Kier alpha value is -1.42. The Kier molecular flexibility index (Phi) is 4.01. The second-order valence-corrected chi connectivity index (χ2v) is 6.08. The van der Waals surface area contributed by atoms with Crippen molar-refractivity contribution in [3.63, 3.8) is 0 Å². The van der Waals surface area contributed by atoms with Gasteiger partial charge in [-0.1, -0.05) is 31.2 Å². The molecule has 0 amide bonds. The minimum atomic E-state index is 0.405. The van der Waals surface area contributed by atoms with Gasteiger partial charge in [0.15, 0.2) is 0 Å². The average Bonchev–Trinajstić information content (AvgIpc) is 2.90. The first-order valence-corrected chi connectivity index (χ1v) is 7.90. The smallest absolute Gasteiger partial charge is 0.144 e. The lowest BCUT2D eigenvalue weighted by atomic mass is 10.1. The number of hydrogen-bond acceptors (Lipinski definition) is 3. The van der Waals surface area contributed by atoms with Gasteiger partial charge in [0.1, 0.15) is 11.6 Å². The normalized spacial score (nSPS) is 14.3. The molecule has 0 bridgehead atoms. The van der Waals surface area contributed by atoms with Gasteiger partial charge in [0, 0.05) is 18.7 Å². The lowest BCUT2D eigenvalue weighted by Gasteiger charge is -2.11. The van der Waals surface area contributed by atoms with Crippen molar-refractivity contribution in [2.24, 2.45) is 0 Å². The van der Waals surface area contributed by atoms with Crippen LogP contribution in [0.5, 0.6) is 0 Å². The van der Waals surface area contributed by atoms with Gasteiger partial charge >= 0.3 is 0 Å². The molecule has 0 radical (unpaired) electrons. The summed E-state index contributed by atoms with van der Waals surface area (Å²) in [4.78, 5) is 9.22. The lowest BCUT2D eigenvalue weighted by molar-refractivity contribution is 0.681. The maximum atomic E-state index is 4.71. The van der Waals surface area contributed by atoms with Crippen molar-refractivity contribution >= 4 is 21.7 Å². The third kappa shape index (κ3) is 2.70. The first kappa shape index (κ1) is 13.6. The van der Waals surface area contributed by atoms with Crippen molar-refractivity contribution in [1.82, 2.24) is 9.97 Å². The summed E-state index contributed by atoms with van der Waals surface area (Å²) in [6, 6.07) is 8.64. The number of nitrogens with one attached hydrogen (secondary N) is 1. The van der Waals surface area contributed by atoms with Crippen LogP contribution < -0.4 is 5.32 Å². The summed E-state index contributed by atoms with van der Waals surface area (Å²) in [5, 5.41) is 3.35. The second-order valence-electron chi connectivity index (χ2n) is 5.23. The highest BCUT2D eigenvalue weighted by Gasteiger charge is 2.25. The summed E-state index contributed by atoms with van der Waals surface area (Å²) in [6.45, 7) is 3.08. The zero-order chi connectivity index (χ0) is 13.9. The predicted molar refractivity (Wildman–Crippen MR) is 85.1 cm³/mol. The molecule has 20 heavy (non-hydrogen) atoms. The van der Waals surface area contributed by atoms with Crippen LogP contribution in [0.15, 0.2) is 34.9 Å². The number of hydrogen-bond donors (Lipinski definition) is 1. The summed E-state index contributed by atoms with van der Waals surface area (Å²) < 4.78 is 0.935. The summed E-state index contributed by atoms with van der Waals surface area (Å²) in [6.07, 6.45) is 5.04. The van der Waals surface area contributed by atoms with Crippen LogP contribution in [0, 0.1) is 0 Å². The molecule has 1 aliphatic carbocycles. The zero-order valence-corrected chi connectivity index (χ0v) is 13.2. The molecule has 1 aliphatic rings. The molecule has 0 saturated carbocycles. The zero-order valence-electron chi connectivity index (χ0n) is 11.6. The summed E-state index contributed by atoms with van der Waals surface area (Å²) in [5.41, 5.74) is 2.87. The van der Waals surface area contributed by atoms with Crippen LogP contribution in [0.3, 0.4) is 0 Å². The molecule has 0 unspecified atom stereocenters. The van der Waals surface area contributed by atoms with Gasteiger partial charge in [0.2, 0.25) is 0 Å². The Morgan fingerprint density at radius 1 is 1.25 bits per heavy atom. The van der Waals surface area contributed by atoms with Crippen LogP contribution in [0.25, 0.3) is 0 Å². The molecule has 104 valence electrons. The van der Waals surface area contributed by atoms with Crippen LogP contribution in [-0.2, 0) is 12.8 Å². The Balaban J connectivity index is 1.82. The van der Waals surface area contributed by atoms with E-state index in [1.807, 2.05) is 6.20 Å². The monoisotopic (exact) mass is 331 g/mol. The molecule has 3 nitrogen and oxygen atoms in total. The topological polar surface area (TPSA) is 37.8 Å². The van der Waals surface area contributed by atoms with Crippen molar-refractivity contribution in [3.8, 4) is 0 Å². The molecule has 1 heterocycles. The van der Waals surface area contributed by atoms with Crippen molar-refractivity contribution in [3.05, 3.63) is 51.9 Å². The fraction of sp³-hybridized carbons (Fsp3) is 0.375. The average molecular weight is 332 g/mol. The fourth-order valence-electron chi connectivity index (χ4n) is 2.69.